The Hall–Kier alpha value is -1.45. The number of halogens is 3. The third-order valence-electron chi connectivity index (χ3n) is 3.35. The lowest BCUT2D eigenvalue weighted by Crippen LogP contribution is -2.25. The third kappa shape index (κ3) is 4.26. The van der Waals surface area contributed by atoms with Gasteiger partial charge in [-0.3, -0.25) is 0 Å². The summed E-state index contributed by atoms with van der Waals surface area (Å²) in [4.78, 5) is 0. The average Bonchev–Trinajstić information content (AvgIpc) is 2.48. The maximum absolute atomic E-state index is 14.2. The molecule has 0 radical (unpaired) electrons. The second-order valence-corrected chi connectivity index (χ2v) is 5.39. The summed E-state index contributed by atoms with van der Waals surface area (Å²) in [6, 6.07) is 11.1. The summed E-state index contributed by atoms with van der Waals surface area (Å²) in [6.07, 6.45) is 1.53. The molecule has 0 aliphatic carbocycles. The van der Waals surface area contributed by atoms with E-state index in [1.165, 1.54) is 18.2 Å². The Kier molecular flexibility index (Phi) is 5.71. The van der Waals surface area contributed by atoms with Gasteiger partial charge in [-0.05, 0) is 43.1 Å². The highest BCUT2D eigenvalue weighted by Crippen LogP contribution is 2.26. The van der Waals surface area contributed by atoms with E-state index in [1.54, 1.807) is 24.3 Å². The fraction of sp³-hybridized carbons (Fsp3) is 0.294. The minimum Gasteiger partial charge on any atom is -0.310 e. The number of hydrogen-bond acceptors (Lipinski definition) is 1. The third-order valence-corrected chi connectivity index (χ3v) is 3.64. The van der Waals surface area contributed by atoms with E-state index >= 15 is 0 Å². The van der Waals surface area contributed by atoms with Crippen molar-refractivity contribution >= 4 is 11.6 Å². The molecule has 0 spiro atoms. The average molecular weight is 310 g/mol. The molecule has 0 bridgehead atoms. The first-order valence-corrected chi connectivity index (χ1v) is 7.41. The van der Waals surface area contributed by atoms with Crippen LogP contribution in [0.1, 0.15) is 30.5 Å². The van der Waals surface area contributed by atoms with E-state index in [4.69, 9.17) is 11.6 Å². The van der Waals surface area contributed by atoms with Crippen LogP contribution in [0.2, 0.25) is 5.02 Å². The van der Waals surface area contributed by atoms with Crippen LogP contribution < -0.4 is 5.32 Å². The predicted molar refractivity (Wildman–Crippen MR) is 82.5 cm³/mol. The van der Waals surface area contributed by atoms with Crippen molar-refractivity contribution < 1.29 is 8.78 Å². The van der Waals surface area contributed by atoms with Gasteiger partial charge in [0.15, 0.2) is 0 Å². The molecule has 1 nitrogen and oxygen atoms in total. The molecule has 0 aromatic heterocycles. The van der Waals surface area contributed by atoms with Gasteiger partial charge in [0.25, 0.3) is 0 Å². The SMILES string of the molecule is CCCNC(Cc1ccc(F)cc1)c1cccc(Cl)c1F. The van der Waals surface area contributed by atoms with Gasteiger partial charge in [0, 0.05) is 11.6 Å². The van der Waals surface area contributed by atoms with Gasteiger partial charge in [-0.1, -0.05) is 42.8 Å². The normalized spacial score (nSPS) is 12.4. The molecule has 0 heterocycles. The molecule has 4 heteroatoms. The van der Waals surface area contributed by atoms with Crippen LogP contribution >= 0.6 is 11.6 Å². The minimum atomic E-state index is -0.394. The molecule has 0 aliphatic rings. The van der Waals surface area contributed by atoms with Crippen LogP contribution in [0.15, 0.2) is 42.5 Å². The first-order valence-electron chi connectivity index (χ1n) is 7.03. The molecule has 21 heavy (non-hydrogen) atoms. The Bertz CT molecular complexity index is 584. The molecular weight excluding hydrogens is 292 g/mol. The quantitative estimate of drug-likeness (QED) is 0.800. The predicted octanol–water partition coefficient (Wildman–Crippen LogP) is 4.90. The van der Waals surface area contributed by atoms with Crippen molar-refractivity contribution in [3.05, 3.63) is 70.2 Å². The van der Waals surface area contributed by atoms with Crippen molar-refractivity contribution in [2.24, 2.45) is 0 Å². The molecule has 2 rings (SSSR count). The first kappa shape index (κ1) is 15.9. The van der Waals surface area contributed by atoms with Gasteiger partial charge in [-0.15, -0.1) is 0 Å². The van der Waals surface area contributed by atoms with Gasteiger partial charge in [-0.2, -0.15) is 0 Å². The molecular formula is C17H18ClF2N. The smallest absolute Gasteiger partial charge is 0.146 e. The van der Waals surface area contributed by atoms with Crippen LogP contribution in [0.3, 0.4) is 0 Å². The topological polar surface area (TPSA) is 12.0 Å². The zero-order valence-electron chi connectivity index (χ0n) is 11.9. The van der Waals surface area contributed by atoms with Crippen molar-refractivity contribution in [1.29, 1.82) is 0 Å². The Morgan fingerprint density at radius 2 is 1.81 bits per heavy atom. The number of nitrogens with one attached hydrogen (secondary N) is 1. The zero-order valence-corrected chi connectivity index (χ0v) is 12.6. The monoisotopic (exact) mass is 309 g/mol. The molecule has 2 aromatic carbocycles. The number of rotatable bonds is 6. The Morgan fingerprint density at radius 1 is 1.10 bits per heavy atom. The van der Waals surface area contributed by atoms with Gasteiger partial charge in [-0.25, -0.2) is 8.78 Å². The van der Waals surface area contributed by atoms with E-state index in [1.807, 2.05) is 0 Å². The summed E-state index contributed by atoms with van der Waals surface area (Å²) in [6.45, 7) is 2.83. The van der Waals surface area contributed by atoms with Crippen molar-refractivity contribution in [3.8, 4) is 0 Å². The van der Waals surface area contributed by atoms with Crippen LogP contribution in [0.4, 0.5) is 8.78 Å². The van der Waals surface area contributed by atoms with Crippen molar-refractivity contribution in [2.45, 2.75) is 25.8 Å². The molecule has 0 saturated carbocycles. The van der Waals surface area contributed by atoms with Crippen LogP contribution in [0, 0.1) is 11.6 Å². The van der Waals surface area contributed by atoms with E-state index in [2.05, 4.69) is 12.2 Å². The molecule has 1 atom stereocenters. The largest absolute Gasteiger partial charge is 0.310 e. The van der Waals surface area contributed by atoms with E-state index in [9.17, 15) is 8.78 Å². The van der Waals surface area contributed by atoms with Gasteiger partial charge < -0.3 is 5.32 Å². The Labute approximate surface area is 128 Å². The van der Waals surface area contributed by atoms with Crippen LogP contribution in [-0.2, 0) is 6.42 Å². The summed E-state index contributed by atoms with van der Waals surface area (Å²) < 4.78 is 27.2. The Balaban J connectivity index is 2.25. The molecule has 1 N–H and O–H groups in total. The highest BCUT2D eigenvalue weighted by molar-refractivity contribution is 6.30. The summed E-state index contributed by atoms with van der Waals surface area (Å²) in [5.41, 5.74) is 1.49. The zero-order chi connectivity index (χ0) is 15.2. The standard InChI is InChI=1S/C17H18ClF2N/c1-2-10-21-16(11-12-6-8-13(19)9-7-12)14-4-3-5-15(18)17(14)20/h3-9,16,21H,2,10-11H2,1H3. The van der Waals surface area contributed by atoms with Crippen LogP contribution in [0.25, 0.3) is 0 Å². The molecule has 1 unspecified atom stereocenters. The Morgan fingerprint density at radius 3 is 2.48 bits per heavy atom. The summed E-state index contributed by atoms with van der Waals surface area (Å²) in [5, 5.41) is 3.44. The molecule has 2 aromatic rings. The minimum absolute atomic E-state index is 0.120. The first-order chi connectivity index (χ1) is 10.1. The molecule has 0 fully saturated rings. The van der Waals surface area contributed by atoms with Gasteiger partial charge in [0.1, 0.15) is 11.6 Å². The maximum atomic E-state index is 14.2. The van der Waals surface area contributed by atoms with Gasteiger partial charge in [0.05, 0.1) is 5.02 Å². The highest BCUT2D eigenvalue weighted by atomic mass is 35.5. The lowest BCUT2D eigenvalue weighted by Gasteiger charge is -2.20. The van der Waals surface area contributed by atoms with Crippen molar-refractivity contribution in [2.75, 3.05) is 6.54 Å². The highest BCUT2D eigenvalue weighted by Gasteiger charge is 2.17. The molecule has 112 valence electrons. The molecule has 0 saturated heterocycles. The fourth-order valence-electron chi connectivity index (χ4n) is 2.26. The number of hydrogen-bond donors (Lipinski definition) is 1. The lowest BCUT2D eigenvalue weighted by atomic mass is 9.98. The summed E-state index contributed by atoms with van der Waals surface area (Å²) in [5.74, 6) is -0.666. The maximum Gasteiger partial charge on any atom is 0.146 e. The molecule has 0 amide bonds. The van der Waals surface area contributed by atoms with Crippen molar-refractivity contribution in [1.82, 2.24) is 5.32 Å². The van der Waals surface area contributed by atoms with Gasteiger partial charge in [0.2, 0.25) is 0 Å². The second kappa shape index (κ2) is 7.53. The van der Waals surface area contributed by atoms with E-state index in [0.717, 1.165) is 18.5 Å². The second-order valence-electron chi connectivity index (χ2n) is 4.98. The van der Waals surface area contributed by atoms with E-state index < -0.39 is 5.82 Å². The van der Waals surface area contributed by atoms with E-state index in [-0.39, 0.29) is 16.9 Å². The van der Waals surface area contributed by atoms with Crippen LogP contribution in [0.5, 0.6) is 0 Å². The fourth-order valence-corrected chi connectivity index (χ4v) is 2.44. The van der Waals surface area contributed by atoms with Gasteiger partial charge >= 0.3 is 0 Å². The number of benzene rings is 2. The van der Waals surface area contributed by atoms with Crippen LogP contribution in [-0.4, -0.2) is 6.54 Å². The van der Waals surface area contributed by atoms with E-state index in [0.29, 0.717) is 12.0 Å². The van der Waals surface area contributed by atoms with Crippen molar-refractivity contribution in [3.63, 3.8) is 0 Å². The molecule has 0 aliphatic heterocycles. The summed E-state index contributed by atoms with van der Waals surface area (Å²) >= 11 is 5.86. The summed E-state index contributed by atoms with van der Waals surface area (Å²) in [7, 11) is 0. The lowest BCUT2D eigenvalue weighted by molar-refractivity contribution is 0.497.